The molecule has 18 heavy (non-hydrogen) atoms. The number of carboxylic acid groups (broad SMARTS) is 1. The number of para-hydroxylation sites is 1. The van der Waals surface area contributed by atoms with Crippen molar-refractivity contribution in [2.24, 2.45) is 5.41 Å². The number of hydrogen-bond acceptors (Lipinski definition) is 3. The predicted molar refractivity (Wildman–Crippen MR) is 66.6 cm³/mol. The first-order chi connectivity index (χ1) is 8.68. The van der Waals surface area contributed by atoms with Gasteiger partial charge in [0, 0.05) is 6.61 Å². The zero-order valence-electron chi connectivity index (χ0n) is 10.3. The van der Waals surface area contributed by atoms with Gasteiger partial charge in [0.05, 0.1) is 0 Å². The minimum Gasteiger partial charge on any atom is -0.492 e. The van der Waals surface area contributed by atoms with Crippen molar-refractivity contribution in [3.8, 4) is 5.75 Å². The van der Waals surface area contributed by atoms with Crippen LogP contribution in [0.3, 0.4) is 0 Å². The van der Waals surface area contributed by atoms with E-state index in [1.165, 1.54) is 0 Å². The Balaban J connectivity index is 2.16. The van der Waals surface area contributed by atoms with E-state index in [0.717, 1.165) is 11.3 Å². The molecule has 0 amide bonds. The van der Waals surface area contributed by atoms with Gasteiger partial charge in [-0.2, -0.15) is 0 Å². The second-order valence-corrected chi connectivity index (χ2v) is 4.84. The number of carboxylic acids is 1. The van der Waals surface area contributed by atoms with Crippen LogP contribution in [0.15, 0.2) is 24.3 Å². The van der Waals surface area contributed by atoms with Crippen molar-refractivity contribution in [2.45, 2.75) is 25.7 Å². The molecule has 0 aliphatic carbocycles. The predicted octanol–water partition coefficient (Wildman–Crippen LogP) is 1.86. The van der Waals surface area contributed by atoms with E-state index >= 15 is 0 Å². The Morgan fingerprint density at radius 3 is 2.83 bits per heavy atom. The van der Waals surface area contributed by atoms with Crippen LogP contribution in [-0.2, 0) is 11.2 Å². The van der Waals surface area contributed by atoms with Gasteiger partial charge in [-0.15, -0.1) is 0 Å². The molecule has 4 heteroatoms. The fourth-order valence-electron chi connectivity index (χ4n) is 2.40. The van der Waals surface area contributed by atoms with Crippen molar-refractivity contribution in [1.29, 1.82) is 0 Å². The number of aliphatic hydroxyl groups excluding tert-OH is 1. The molecule has 1 aromatic carbocycles. The minimum absolute atomic E-state index is 0.104. The molecule has 0 saturated carbocycles. The van der Waals surface area contributed by atoms with Crippen molar-refractivity contribution in [3.05, 3.63) is 29.8 Å². The SMILES string of the molecule is O=C(O)C1(CCCCO)COc2ccccc2C1. The summed E-state index contributed by atoms with van der Waals surface area (Å²) in [7, 11) is 0. The molecule has 0 aromatic heterocycles. The normalized spacial score (nSPS) is 22.1. The quantitative estimate of drug-likeness (QED) is 0.783. The molecule has 2 rings (SSSR count). The lowest BCUT2D eigenvalue weighted by Crippen LogP contribution is -2.42. The van der Waals surface area contributed by atoms with E-state index < -0.39 is 11.4 Å². The number of fused-ring (bicyclic) bond motifs is 1. The summed E-state index contributed by atoms with van der Waals surface area (Å²) in [5.41, 5.74) is 0.110. The number of hydrogen-bond donors (Lipinski definition) is 2. The van der Waals surface area contributed by atoms with Crippen molar-refractivity contribution in [1.82, 2.24) is 0 Å². The van der Waals surface area contributed by atoms with Crippen LogP contribution in [-0.4, -0.2) is 29.4 Å². The lowest BCUT2D eigenvalue weighted by molar-refractivity contribution is -0.152. The van der Waals surface area contributed by atoms with Crippen LogP contribution in [0.25, 0.3) is 0 Å². The van der Waals surface area contributed by atoms with E-state index in [0.29, 0.717) is 25.7 Å². The molecule has 0 fully saturated rings. The van der Waals surface area contributed by atoms with Crippen LogP contribution in [0.1, 0.15) is 24.8 Å². The Hall–Kier alpha value is -1.55. The van der Waals surface area contributed by atoms with Crippen LogP contribution < -0.4 is 4.74 Å². The molecule has 1 unspecified atom stereocenters. The molecule has 2 N–H and O–H groups in total. The largest absolute Gasteiger partial charge is 0.492 e. The lowest BCUT2D eigenvalue weighted by Gasteiger charge is -2.34. The highest BCUT2D eigenvalue weighted by Gasteiger charge is 2.42. The highest BCUT2D eigenvalue weighted by atomic mass is 16.5. The molecular formula is C14H18O4. The van der Waals surface area contributed by atoms with Gasteiger partial charge in [0.2, 0.25) is 0 Å². The van der Waals surface area contributed by atoms with Gasteiger partial charge < -0.3 is 14.9 Å². The van der Waals surface area contributed by atoms with Crippen molar-refractivity contribution in [2.75, 3.05) is 13.2 Å². The monoisotopic (exact) mass is 250 g/mol. The van der Waals surface area contributed by atoms with Gasteiger partial charge in [-0.25, -0.2) is 0 Å². The summed E-state index contributed by atoms with van der Waals surface area (Å²) in [6.07, 6.45) is 2.38. The molecule has 4 nitrogen and oxygen atoms in total. The van der Waals surface area contributed by atoms with E-state index in [1.807, 2.05) is 24.3 Å². The molecule has 1 aromatic rings. The molecule has 98 valence electrons. The molecule has 0 saturated heterocycles. The molecule has 0 spiro atoms. The van der Waals surface area contributed by atoms with Gasteiger partial charge in [0.1, 0.15) is 17.8 Å². The number of aliphatic carboxylic acids is 1. The van der Waals surface area contributed by atoms with E-state index in [-0.39, 0.29) is 13.2 Å². The maximum Gasteiger partial charge on any atom is 0.313 e. The summed E-state index contributed by atoms with van der Waals surface area (Å²) in [5.74, 6) is -0.0218. The Kier molecular flexibility index (Phi) is 3.87. The average Bonchev–Trinajstić information content (AvgIpc) is 2.38. The van der Waals surface area contributed by atoms with Gasteiger partial charge >= 0.3 is 5.97 Å². The zero-order chi connectivity index (χ0) is 13.0. The molecule has 0 bridgehead atoms. The standard InChI is InChI=1S/C14H18O4/c15-8-4-3-7-14(13(16)17)9-11-5-1-2-6-12(11)18-10-14/h1-2,5-6,15H,3-4,7-10H2,(H,16,17). The number of unbranched alkanes of at least 4 members (excludes halogenated alkanes) is 1. The number of benzene rings is 1. The van der Waals surface area contributed by atoms with Gasteiger partial charge in [-0.1, -0.05) is 18.2 Å². The first-order valence-corrected chi connectivity index (χ1v) is 6.23. The summed E-state index contributed by atoms with van der Waals surface area (Å²) >= 11 is 0. The lowest BCUT2D eigenvalue weighted by atomic mass is 9.76. The minimum atomic E-state index is -0.844. The van der Waals surface area contributed by atoms with Gasteiger partial charge in [0.15, 0.2) is 0 Å². The first kappa shape index (κ1) is 12.9. The summed E-state index contributed by atoms with van der Waals surface area (Å²) in [6.45, 7) is 0.317. The molecular weight excluding hydrogens is 232 g/mol. The fraction of sp³-hybridized carbons (Fsp3) is 0.500. The summed E-state index contributed by atoms with van der Waals surface area (Å²) in [5, 5.41) is 18.3. The molecule has 1 aliphatic heterocycles. The third kappa shape index (κ3) is 2.48. The average molecular weight is 250 g/mol. The molecule has 0 radical (unpaired) electrons. The van der Waals surface area contributed by atoms with E-state index in [1.54, 1.807) is 0 Å². The Bertz CT molecular complexity index is 430. The Morgan fingerprint density at radius 2 is 2.11 bits per heavy atom. The Labute approximate surface area is 106 Å². The van der Waals surface area contributed by atoms with Crippen molar-refractivity contribution < 1.29 is 19.7 Å². The van der Waals surface area contributed by atoms with Crippen molar-refractivity contribution in [3.63, 3.8) is 0 Å². The third-order valence-corrected chi connectivity index (χ3v) is 3.52. The zero-order valence-corrected chi connectivity index (χ0v) is 10.3. The van der Waals surface area contributed by atoms with Crippen LogP contribution >= 0.6 is 0 Å². The summed E-state index contributed by atoms with van der Waals surface area (Å²) < 4.78 is 5.59. The second-order valence-electron chi connectivity index (χ2n) is 4.84. The van der Waals surface area contributed by atoms with Gasteiger partial charge in [0.25, 0.3) is 0 Å². The topological polar surface area (TPSA) is 66.8 Å². The second kappa shape index (κ2) is 5.40. The fourth-order valence-corrected chi connectivity index (χ4v) is 2.40. The maximum atomic E-state index is 11.5. The van der Waals surface area contributed by atoms with Crippen molar-refractivity contribution >= 4 is 5.97 Å². The number of ether oxygens (including phenoxy) is 1. The highest BCUT2D eigenvalue weighted by Crippen LogP contribution is 2.38. The highest BCUT2D eigenvalue weighted by molar-refractivity contribution is 5.76. The number of aliphatic hydroxyl groups is 1. The van der Waals surface area contributed by atoms with E-state index in [2.05, 4.69) is 0 Å². The number of rotatable bonds is 5. The van der Waals surface area contributed by atoms with Crippen LogP contribution in [0.2, 0.25) is 0 Å². The van der Waals surface area contributed by atoms with Crippen LogP contribution in [0.5, 0.6) is 5.75 Å². The van der Waals surface area contributed by atoms with Crippen LogP contribution in [0, 0.1) is 5.41 Å². The molecule has 1 aliphatic rings. The first-order valence-electron chi connectivity index (χ1n) is 6.23. The van der Waals surface area contributed by atoms with Gasteiger partial charge in [-0.3, -0.25) is 4.79 Å². The van der Waals surface area contributed by atoms with E-state index in [9.17, 15) is 9.90 Å². The van der Waals surface area contributed by atoms with Gasteiger partial charge in [-0.05, 0) is 37.3 Å². The molecule has 1 heterocycles. The third-order valence-electron chi connectivity index (χ3n) is 3.52. The van der Waals surface area contributed by atoms with Crippen LogP contribution in [0.4, 0.5) is 0 Å². The summed E-state index contributed by atoms with van der Waals surface area (Å²) in [4.78, 5) is 11.5. The number of carbonyl (C=O) groups is 1. The maximum absolute atomic E-state index is 11.5. The van der Waals surface area contributed by atoms with E-state index in [4.69, 9.17) is 9.84 Å². The molecule has 1 atom stereocenters. The Morgan fingerprint density at radius 1 is 1.33 bits per heavy atom. The summed E-state index contributed by atoms with van der Waals surface area (Å²) in [6, 6.07) is 7.57. The smallest absolute Gasteiger partial charge is 0.313 e.